The summed E-state index contributed by atoms with van der Waals surface area (Å²) in [6.45, 7) is 0.364. The van der Waals surface area contributed by atoms with Gasteiger partial charge in [-0.1, -0.05) is 23.4 Å². The number of hydrazine groups is 1. The largest absolute Gasteiger partial charge is 0.467 e. The van der Waals surface area contributed by atoms with Gasteiger partial charge in [-0.15, -0.1) is 10.2 Å². The number of rotatable bonds is 7. The third-order valence-electron chi connectivity index (χ3n) is 4.47. The van der Waals surface area contributed by atoms with Crippen LogP contribution in [0.25, 0.3) is 11.4 Å². The van der Waals surface area contributed by atoms with E-state index in [4.69, 9.17) is 16.0 Å². The summed E-state index contributed by atoms with van der Waals surface area (Å²) in [4.78, 5) is 24.3. The van der Waals surface area contributed by atoms with Crippen molar-refractivity contribution in [3.63, 3.8) is 0 Å². The number of carbonyl (C=O) groups excluding carboxylic acids is 2. The second-order valence-corrected chi connectivity index (χ2v) is 8.16. The monoisotopic (exact) mass is 485 g/mol. The second-order valence-electron chi connectivity index (χ2n) is 6.78. The molecule has 0 aliphatic rings. The van der Waals surface area contributed by atoms with E-state index in [2.05, 4.69) is 21.0 Å². The van der Waals surface area contributed by atoms with Crippen LogP contribution in [0.5, 0.6) is 0 Å². The lowest BCUT2D eigenvalue weighted by Crippen LogP contribution is -2.42. The summed E-state index contributed by atoms with van der Waals surface area (Å²) in [5, 5.41) is 9.59. The number of benzene rings is 2. The lowest BCUT2D eigenvalue weighted by Gasteiger charge is -2.10. The van der Waals surface area contributed by atoms with Crippen molar-refractivity contribution >= 4 is 35.2 Å². The number of amides is 2. The number of aromatic nitrogens is 3. The van der Waals surface area contributed by atoms with Gasteiger partial charge < -0.3 is 4.42 Å². The Hall–Kier alpha value is -3.63. The molecule has 4 aromatic rings. The number of halogens is 2. The first kappa shape index (κ1) is 22.6. The minimum atomic E-state index is -0.556. The molecule has 4 rings (SSSR count). The molecular formula is C22H17ClFN5O3S. The average Bonchev–Trinajstić information content (AvgIpc) is 3.47. The number of carbonyl (C=O) groups is 2. The van der Waals surface area contributed by atoms with Crippen molar-refractivity contribution in [1.29, 1.82) is 0 Å². The zero-order valence-corrected chi connectivity index (χ0v) is 18.6. The standard InChI is InChI=1S/C22H17ClFN5O3S/c23-16-7-3-14(4-8-16)20-26-28-22(29(20)12-18-2-1-11-32-18)33-13-19(30)25-27-21(31)15-5-9-17(24)10-6-15/h1-11H,12-13H2,(H,25,30)(H,27,31). The van der Waals surface area contributed by atoms with E-state index < -0.39 is 17.6 Å². The molecule has 33 heavy (non-hydrogen) atoms. The van der Waals surface area contributed by atoms with Gasteiger partial charge in [-0.05, 0) is 60.7 Å². The van der Waals surface area contributed by atoms with Crippen molar-refractivity contribution in [3.05, 3.63) is 89.1 Å². The fraction of sp³-hybridized carbons (Fsp3) is 0.0909. The summed E-state index contributed by atoms with van der Waals surface area (Å²) in [5.41, 5.74) is 5.65. The van der Waals surface area contributed by atoms with Gasteiger partial charge in [0, 0.05) is 16.1 Å². The molecule has 0 unspecified atom stereocenters. The zero-order chi connectivity index (χ0) is 23.2. The molecule has 2 amide bonds. The molecule has 0 fully saturated rings. The van der Waals surface area contributed by atoms with Crippen molar-refractivity contribution in [3.8, 4) is 11.4 Å². The Balaban J connectivity index is 1.42. The van der Waals surface area contributed by atoms with Crippen LogP contribution in [-0.4, -0.2) is 32.3 Å². The molecule has 0 saturated carbocycles. The maximum atomic E-state index is 13.0. The smallest absolute Gasteiger partial charge is 0.269 e. The van der Waals surface area contributed by atoms with Crippen LogP contribution in [0.2, 0.25) is 5.02 Å². The van der Waals surface area contributed by atoms with Crippen molar-refractivity contribution in [2.24, 2.45) is 0 Å². The normalized spacial score (nSPS) is 10.7. The highest BCUT2D eigenvalue weighted by atomic mass is 35.5. The quantitative estimate of drug-likeness (QED) is 0.304. The first-order valence-corrected chi connectivity index (χ1v) is 11.0. The summed E-state index contributed by atoms with van der Waals surface area (Å²) >= 11 is 7.14. The molecular weight excluding hydrogens is 469 g/mol. The van der Waals surface area contributed by atoms with E-state index in [-0.39, 0.29) is 11.3 Å². The molecule has 0 atom stereocenters. The minimum absolute atomic E-state index is 0.0272. The molecule has 11 heteroatoms. The van der Waals surface area contributed by atoms with E-state index >= 15 is 0 Å². The zero-order valence-electron chi connectivity index (χ0n) is 17.0. The number of thioether (sulfide) groups is 1. The van der Waals surface area contributed by atoms with Gasteiger partial charge in [-0.25, -0.2) is 4.39 Å². The van der Waals surface area contributed by atoms with Crippen LogP contribution in [0, 0.1) is 5.82 Å². The van der Waals surface area contributed by atoms with E-state index in [0.29, 0.717) is 28.3 Å². The Kier molecular flexibility index (Phi) is 7.06. The fourth-order valence-electron chi connectivity index (χ4n) is 2.87. The van der Waals surface area contributed by atoms with Crippen molar-refractivity contribution in [2.45, 2.75) is 11.7 Å². The average molecular weight is 486 g/mol. The Morgan fingerprint density at radius 3 is 2.48 bits per heavy atom. The van der Waals surface area contributed by atoms with E-state index in [0.717, 1.165) is 29.5 Å². The maximum absolute atomic E-state index is 13.0. The van der Waals surface area contributed by atoms with Crippen LogP contribution >= 0.6 is 23.4 Å². The molecule has 2 N–H and O–H groups in total. The molecule has 2 heterocycles. The Labute approximate surface area is 197 Å². The van der Waals surface area contributed by atoms with Gasteiger partial charge in [0.1, 0.15) is 11.6 Å². The Morgan fingerprint density at radius 2 is 1.79 bits per heavy atom. The van der Waals surface area contributed by atoms with Crippen LogP contribution in [0.15, 0.2) is 76.5 Å². The van der Waals surface area contributed by atoms with Crippen LogP contribution in [0.4, 0.5) is 4.39 Å². The molecule has 168 valence electrons. The highest BCUT2D eigenvalue weighted by molar-refractivity contribution is 7.99. The summed E-state index contributed by atoms with van der Waals surface area (Å²) in [7, 11) is 0. The van der Waals surface area contributed by atoms with Gasteiger partial charge in [-0.2, -0.15) is 0 Å². The molecule has 0 spiro atoms. The Morgan fingerprint density at radius 1 is 1.03 bits per heavy atom. The third kappa shape index (κ3) is 5.79. The molecule has 2 aromatic carbocycles. The molecule has 0 aliphatic carbocycles. The predicted octanol–water partition coefficient (Wildman–Crippen LogP) is 3.93. The van der Waals surface area contributed by atoms with Gasteiger partial charge in [0.2, 0.25) is 5.91 Å². The molecule has 0 saturated heterocycles. The maximum Gasteiger partial charge on any atom is 0.269 e. The van der Waals surface area contributed by atoms with Crippen molar-refractivity contribution in [1.82, 2.24) is 25.6 Å². The van der Waals surface area contributed by atoms with E-state index in [9.17, 15) is 14.0 Å². The SMILES string of the molecule is O=C(CSc1nnc(-c2ccc(Cl)cc2)n1Cc1ccco1)NNC(=O)c1ccc(F)cc1. The lowest BCUT2D eigenvalue weighted by molar-refractivity contribution is -0.119. The summed E-state index contributed by atoms with van der Waals surface area (Å²) in [5.74, 6) is -0.196. The minimum Gasteiger partial charge on any atom is -0.467 e. The number of furan rings is 1. The summed E-state index contributed by atoms with van der Waals surface area (Å²) in [6.07, 6.45) is 1.58. The molecule has 0 radical (unpaired) electrons. The molecule has 0 bridgehead atoms. The van der Waals surface area contributed by atoms with Gasteiger partial charge in [0.25, 0.3) is 5.91 Å². The van der Waals surface area contributed by atoms with E-state index in [1.165, 1.54) is 12.1 Å². The first-order chi connectivity index (χ1) is 16.0. The highest BCUT2D eigenvalue weighted by Crippen LogP contribution is 2.26. The van der Waals surface area contributed by atoms with Gasteiger partial charge in [0.15, 0.2) is 11.0 Å². The fourth-order valence-corrected chi connectivity index (χ4v) is 3.74. The summed E-state index contributed by atoms with van der Waals surface area (Å²) in [6, 6.07) is 15.8. The van der Waals surface area contributed by atoms with Gasteiger partial charge in [0.05, 0.1) is 18.6 Å². The summed E-state index contributed by atoms with van der Waals surface area (Å²) < 4.78 is 20.3. The molecule has 2 aromatic heterocycles. The highest BCUT2D eigenvalue weighted by Gasteiger charge is 2.17. The van der Waals surface area contributed by atoms with Gasteiger partial charge in [-0.3, -0.25) is 25.0 Å². The van der Waals surface area contributed by atoms with Crippen molar-refractivity contribution < 1.29 is 18.4 Å². The van der Waals surface area contributed by atoms with Crippen LogP contribution < -0.4 is 10.9 Å². The first-order valence-electron chi connectivity index (χ1n) is 9.68. The van der Waals surface area contributed by atoms with Crippen LogP contribution in [-0.2, 0) is 11.3 Å². The second kappa shape index (κ2) is 10.3. The Bertz CT molecular complexity index is 1240. The molecule has 8 nitrogen and oxygen atoms in total. The number of hydrogen-bond donors (Lipinski definition) is 2. The third-order valence-corrected chi connectivity index (χ3v) is 5.69. The van der Waals surface area contributed by atoms with E-state index in [1.807, 2.05) is 22.8 Å². The topological polar surface area (TPSA) is 102 Å². The van der Waals surface area contributed by atoms with Crippen molar-refractivity contribution in [2.75, 3.05) is 5.75 Å². The van der Waals surface area contributed by atoms with Crippen LogP contribution in [0.3, 0.4) is 0 Å². The van der Waals surface area contributed by atoms with Gasteiger partial charge >= 0.3 is 0 Å². The molecule has 0 aliphatic heterocycles. The number of nitrogens with one attached hydrogen (secondary N) is 2. The number of nitrogens with zero attached hydrogens (tertiary/aromatic N) is 3. The van der Waals surface area contributed by atoms with Crippen LogP contribution in [0.1, 0.15) is 16.1 Å². The predicted molar refractivity (Wildman–Crippen MR) is 121 cm³/mol. The van der Waals surface area contributed by atoms with E-state index in [1.54, 1.807) is 24.5 Å². The lowest BCUT2D eigenvalue weighted by atomic mass is 10.2. The number of hydrogen-bond acceptors (Lipinski definition) is 6.